The second kappa shape index (κ2) is 14.5. The molecular formula is C48H37N. The zero-order chi connectivity index (χ0) is 33.4. The Kier molecular flexibility index (Phi) is 9.25. The van der Waals surface area contributed by atoms with Crippen molar-refractivity contribution in [1.29, 1.82) is 0 Å². The molecule has 0 aliphatic carbocycles. The van der Waals surface area contributed by atoms with Crippen LogP contribution in [0.1, 0.15) is 5.56 Å². The normalized spacial score (nSPS) is 11.1. The van der Waals surface area contributed by atoms with Crippen LogP contribution in [0, 0.1) is 0 Å². The number of nitrogens with zero attached hydrogens (tertiary/aromatic N) is 1. The van der Waals surface area contributed by atoms with Gasteiger partial charge in [-0.1, -0.05) is 177 Å². The summed E-state index contributed by atoms with van der Waals surface area (Å²) in [5, 5.41) is 0. The van der Waals surface area contributed by atoms with Gasteiger partial charge in [0.1, 0.15) is 0 Å². The first-order chi connectivity index (χ1) is 24.2. The van der Waals surface area contributed by atoms with Crippen LogP contribution in [0.25, 0.3) is 50.1 Å². The lowest BCUT2D eigenvalue weighted by atomic mass is 9.92. The molecule has 0 bridgehead atoms. The molecule has 7 rings (SSSR count). The topological polar surface area (TPSA) is 3.24 Å². The molecule has 0 radical (unpaired) electrons. The molecule has 0 atom stereocenters. The van der Waals surface area contributed by atoms with Crippen molar-refractivity contribution in [2.45, 2.75) is 0 Å². The number of hydrogen-bond donors (Lipinski definition) is 0. The third-order valence-corrected chi connectivity index (χ3v) is 8.86. The van der Waals surface area contributed by atoms with Gasteiger partial charge < -0.3 is 4.90 Å². The SMILES string of the molecule is C=C/C=C(\C=C)c1ccc(N(c2ccc(-c3ccccc3)cc2)c2ccc(-c3ccccc3)cc2)cc1-c1ccc(-c2ccccc2)cc1. The molecule has 0 aromatic heterocycles. The molecule has 0 saturated heterocycles. The van der Waals surface area contributed by atoms with E-state index in [1.54, 1.807) is 0 Å². The molecule has 1 heteroatoms. The van der Waals surface area contributed by atoms with Crippen molar-refractivity contribution < 1.29 is 0 Å². The summed E-state index contributed by atoms with van der Waals surface area (Å²) >= 11 is 0. The van der Waals surface area contributed by atoms with Crippen molar-refractivity contribution in [2.75, 3.05) is 4.90 Å². The van der Waals surface area contributed by atoms with E-state index < -0.39 is 0 Å². The number of allylic oxidation sites excluding steroid dienone is 4. The van der Waals surface area contributed by atoms with Crippen LogP contribution in [-0.2, 0) is 0 Å². The molecule has 7 aromatic rings. The molecule has 0 amide bonds. The maximum absolute atomic E-state index is 4.14. The fourth-order valence-corrected chi connectivity index (χ4v) is 6.34. The monoisotopic (exact) mass is 627 g/mol. The Labute approximate surface area is 290 Å². The Hall–Kier alpha value is -6.44. The second-order valence-electron chi connectivity index (χ2n) is 11.9. The Morgan fingerprint density at radius 1 is 0.388 bits per heavy atom. The molecule has 0 aliphatic rings. The highest BCUT2D eigenvalue weighted by Crippen LogP contribution is 2.41. The summed E-state index contributed by atoms with van der Waals surface area (Å²) in [4.78, 5) is 2.33. The van der Waals surface area contributed by atoms with E-state index in [4.69, 9.17) is 0 Å². The highest BCUT2D eigenvalue weighted by molar-refractivity contribution is 5.90. The fourth-order valence-electron chi connectivity index (χ4n) is 6.34. The summed E-state index contributed by atoms with van der Waals surface area (Å²) < 4.78 is 0. The van der Waals surface area contributed by atoms with Gasteiger partial charge in [0.15, 0.2) is 0 Å². The molecule has 0 aliphatic heterocycles. The zero-order valence-corrected chi connectivity index (χ0v) is 27.4. The summed E-state index contributed by atoms with van der Waals surface area (Å²) in [7, 11) is 0. The molecule has 0 heterocycles. The molecule has 0 unspecified atom stereocenters. The van der Waals surface area contributed by atoms with Crippen LogP contribution in [-0.4, -0.2) is 0 Å². The van der Waals surface area contributed by atoms with Gasteiger partial charge in [-0.15, -0.1) is 0 Å². The Balaban J connectivity index is 1.36. The molecular weight excluding hydrogens is 591 g/mol. The molecule has 1 nitrogen and oxygen atoms in total. The van der Waals surface area contributed by atoms with Gasteiger partial charge in [-0.25, -0.2) is 0 Å². The summed E-state index contributed by atoms with van der Waals surface area (Å²) in [5.74, 6) is 0. The van der Waals surface area contributed by atoms with Gasteiger partial charge in [-0.3, -0.25) is 0 Å². The van der Waals surface area contributed by atoms with E-state index in [9.17, 15) is 0 Å². The zero-order valence-electron chi connectivity index (χ0n) is 27.4. The van der Waals surface area contributed by atoms with Gasteiger partial charge in [0.25, 0.3) is 0 Å². The molecule has 234 valence electrons. The highest BCUT2D eigenvalue weighted by Gasteiger charge is 2.17. The van der Waals surface area contributed by atoms with Crippen LogP contribution in [0.4, 0.5) is 17.1 Å². The van der Waals surface area contributed by atoms with Crippen molar-refractivity contribution in [3.05, 3.63) is 219 Å². The van der Waals surface area contributed by atoms with Crippen LogP contribution < -0.4 is 4.90 Å². The van der Waals surface area contributed by atoms with Crippen LogP contribution in [0.15, 0.2) is 213 Å². The minimum absolute atomic E-state index is 1.02. The van der Waals surface area contributed by atoms with Crippen LogP contribution in [0.3, 0.4) is 0 Å². The highest BCUT2D eigenvalue weighted by atomic mass is 15.1. The minimum atomic E-state index is 1.02. The van der Waals surface area contributed by atoms with E-state index in [1.807, 2.05) is 18.2 Å². The number of rotatable bonds is 10. The van der Waals surface area contributed by atoms with Crippen LogP contribution >= 0.6 is 0 Å². The summed E-state index contributed by atoms with van der Waals surface area (Å²) in [5.41, 5.74) is 14.8. The Morgan fingerprint density at radius 3 is 1.16 bits per heavy atom. The van der Waals surface area contributed by atoms with Crippen molar-refractivity contribution in [3.8, 4) is 44.5 Å². The van der Waals surface area contributed by atoms with E-state index >= 15 is 0 Å². The molecule has 49 heavy (non-hydrogen) atoms. The minimum Gasteiger partial charge on any atom is -0.310 e. The average Bonchev–Trinajstić information content (AvgIpc) is 3.19. The Bertz CT molecular complexity index is 2110. The van der Waals surface area contributed by atoms with Gasteiger partial charge in [0.2, 0.25) is 0 Å². The second-order valence-corrected chi connectivity index (χ2v) is 11.9. The maximum Gasteiger partial charge on any atom is 0.0468 e. The fraction of sp³-hybridized carbons (Fsp3) is 0. The van der Waals surface area contributed by atoms with Gasteiger partial charge >= 0.3 is 0 Å². The molecule has 0 spiro atoms. The predicted molar refractivity (Wildman–Crippen MR) is 211 cm³/mol. The van der Waals surface area contributed by atoms with E-state index in [1.165, 1.54) is 33.4 Å². The third kappa shape index (κ3) is 6.83. The summed E-state index contributed by atoms with van der Waals surface area (Å²) in [6.07, 6.45) is 5.75. The van der Waals surface area contributed by atoms with Gasteiger partial charge in [-0.2, -0.15) is 0 Å². The molecule has 0 N–H and O–H groups in total. The molecule has 0 saturated carbocycles. The largest absolute Gasteiger partial charge is 0.310 e. The lowest BCUT2D eigenvalue weighted by Gasteiger charge is -2.27. The first-order valence-corrected chi connectivity index (χ1v) is 16.6. The third-order valence-electron chi connectivity index (χ3n) is 8.86. The quantitative estimate of drug-likeness (QED) is 0.136. The predicted octanol–water partition coefficient (Wildman–Crippen LogP) is 13.6. The van der Waals surface area contributed by atoms with Gasteiger partial charge in [0.05, 0.1) is 0 Å². The molecule has 0 fully saturated rings. The Morgan fingerprint density at radius 2 is 0.755 bits per heavy atom. The summed E-state index contributed by atoms with van der Waals surface area (Å²) in [6, 6.07) is 64.7. The number of hydrogen-bond acceptors (Lipinski definition) is 1. The first kappa shape index (κ1) is 31.2. The van der Waals surface area contributed by atoms with Crippen molar-refractivity contribution >= 4 is 22.6 Å². The lowest BCUT2D eigenvalue weighted by Crippen LogP contribution is -2.10. The molecule has 7 aromatic carbocycles. The van der Waals surface area contributed by atoms with E-state index in [2.05, 4.69) is 200 Å². The van der Waals surface area contributed by atoms with Crippen LogP contribution in [0.5, 0.6) is 0 Å². The van der Waals surface area contributed by atoms with E-state index in [0.29, 0.717) is 0 Å². The number of benzene rings is 7. The van der Waals surface area contributed by atoms with Crippen molar-refractivity contribution in [1.82, 2.24) is 0 Å². The maximum atomic E-state index is 4.14. The van der Waals surface area contributed by atoms with Crippen LogP contribution in [0.2, 0.25) is 0 Å². The summed E-state index contributed by atoms with van der Waals surface area (Å²) in [6.45, 7) is 8.11. The average molecular weight is 628 g/mol. The first-order valence-electron chi connectivity index (χ1n) is 16.6. The standard InChI is InChI=1S/C48H37N/c1-3-14-36(4-2)47-34-33-46(35-48(47)43-23-21-40(22-24-43)37-15-8-5-9-16-37)49(44-29-25-41(26-30-44)38-17-10-6-11-18-38)45-31-27-42(28-32-45)39-19-12-7-13-20-39/h3-35H,1-2H2/b36-14+. The lowest BCUT2D eigenvalue weighted by molar-refractivity contribution is 1.28. The smallest absolute Gasteiger partial charge is 0.0468 e. The van der Waals surface area contributed by atoms with Gasteiger partial charge in [-0.05, 0) is 92.0 Å². The van der Waals surface area contributed by atoms with Crippen molar-refractivity contribution in [2.24, 2.45) is 0 Å². The van der Waals surface area contributed by atoms with Gasteiger partial charge in [0, 0.05) is 17.1 Å². The van der Waals surface area contributed by atoms with E-state index in [0.717, 1.165) is 39.3 Å². The van der Waals surface area contributed by atoms with Crippen molar-refractivity contribution in [3.63, 3.8) is 0 Å². The number of anilines is 3. The van der Waals surface area contributed by atoms with E-state index in [-0.39, 0.29) is 0 Å².